The van der Waals surface area contributed by atoms with E-state index in [1.165, 1.54) is 16.4 Å². The summed E-state index contributed by atoms with van der Waals surface area (Å²) in [5.41, 5.74) is 0.791. The number of benzene rings is 1. The standard InChI is InChI=1S/C17H26N2O5S2/c1-4-26(23,24)19-11-5-6-15(12-19)17(20)18-13(2)14-7-9-16(10-8-14)25(3,21)22/h7-10,13,15H,4-6,11-12H2,1-3H3,(H,18,20)/t13-,15+/m1/s1. The van der Waals surface area contributed by atoms with Crippen LogP contribution in [-0.4, -0.2) is 52.1 Å². The van der Waals surface area contributed by atoms with Crippen molar-refractivity contribution in [2.24, 2.45) is 5.92 Å². The molecule has 1 aliphatic rings. The van der Waals surface area contributed by atoms with Gasteiger partial charge in [0.05, 0.1) is 22.6 Å². The van der Waals surface area contributed by atoms with Gasteiger partial charge in [-0.1, -0.05) is 12.1 Å². The van der Waals surface area contributed by atoms with Crippen LogP contribution < -0.4 is 5.32 Å². The van der Waals surface area contributed by atoms with Crippen molar-refractivity contribution < 1.29 is 21.6 Å². The second-order valence-corrected chi connectivity index (χ2v) is 10.9. The van der Waals surface area contributed by atoms with Crippen molar-refractivity contribution in [3.05, 3.63) is 29.8 Å². The number of carbonyl (C=O) groups excluding carboxylic acids is 1. The van der Waals surface area contributed by atoms with Crippen LogP contribution in [-0.2, 0) is 24.7 Å². The average Bonchev–Trinajstić information content (AvgIpc) is 2.61. The van der Waals surface area contributed by atoms with E-state index in [0.717, 1.165) is 11.8 Å². The minimum atomic E-state index is -3.29. The number of piperidine rings is 1. The van der Waals surface area contributed by atoms with Gasteiger partial charge in [-0.05, 0) is 44.4 Å². The van der Waals surface area contributed by atoms with Gasteiger partial charge in [0.15, 0.2) is 9.84 Å². The van der Waals surface area contributed by atoms with E-state index in [1.54, 1.807) is 19.1 Å². The van der Waals surface area contributed by atoms with Crippen LogP contribution >= 0.6 is 0 Å². The number of carbonyl (C=O) groups is 1. The minimum absolute atomic E-state index is 0.0322. The van der Waals surface area contributed by atoms with Crippen LogP contribution in [0.25, 0.3) is 0 Å². The molecule has 26 heavy (non-hydrogen) atoms. The van der Waals surface area contributed by atoms with Gasteiger partial charge in [0.1, 0.15) is 0 Å². The molecule has 1 amide bonds. The van der Waals surface area contributed by atoms with Crippen LogP contribution in [0.15, 0.2) is 29.2 Å². The molecule has 2 rings (SSSR count). The van der Waals surface area contributed by atoms with Crippen molar-refractivity contribution in [3.8, 4) is 0 Å². The van der Waals surface area contributed by atoms with Crippen LogP contribution in [0.3, 0.4) is 0 Å². The molecule has 1 aromatic carbocycles. The van der Waals surface area contributed by atoms with Crippen molar-refractivity contribution in [2.45, 2.75) is 37.6 Å². The minimum Gasteiger partial charge on any atom is -0.349 e. The van der Waals surface area contributed by atoms with Crippen molar-refractivity contribution in [1.29, 1.82) is 0 Å². The molecule has 1 saturated heterocycles. The lowest BCUT2D eigenvalue weighted by Crippen LogP contribution is -2.46. The van der Waals surface area contributed by atoms with E-state index in [1.807, 2.05) is 6.92 Å². The van der Waals surface area contributed by atoms with Crippen LogP contribution in [0, 0.1) is 5.92 Å². The summed E-state index contributed by atoms with van der Waals surface area (Å²) in [6, 6.07) is 6.09. The predicted octanol–water partition coefficient (Wildman–Crippen LogP) is 1.33. The fraction of sp³-hybridized carbons (Fsp3) is 0.588. The Kier molecular flexibility index (Phi) is 6.46. The summed E-state index contributed by atoms with van der Waals surface area (Å²) in [6.07, 6.45) is 2.46. The Morgan fingerprint density at radius 3 is 2.38 bits per heavy atom. The number of rotatable bonds is 6. The van der Waals surface area contributed by atoms with Crippen LogP contribution in [0.1, 0.15) is 38.3 Å². The van der Waals surface area contributed by atoms with Gasteiger partial charge in [-0.25, -0.2) is 21.1 Å². The number of nitrogens with one attached hydrogen (secondary N) is 1. The molecule has 0 aromatic heterocycles. The molecular weight excluding hydrogens is 376 g/mol. The number of nitrogens with zero attached hydrogens (tertiary/aromatic N) is 1. The largest absolute Gasteiger partial charge is 0.349 e. The predicted molar refractivity (Wildman–Crippen MR) is 99.9 cm³/mol. The molecule has 0 aliphatic carbocycles. The third-order valence-electron chi connectivity index (χ3n) is 4.68. The highest BCUT2D eigenvalue weighted by Crippen LogP contribution is 2.22. The Morgan fingerprint density at radius 2 is 1.85 bits per heavy atom. The number of sulfonamides is 1. The Balaban J connectivity index is 2.02. The molecule has 9 heteroatoms. The highest BCUT2D eigenvalue weighted by atomic mass is 32.2. The maximum Gasteiger partial charge on any atom is 0.224 e. The third kappa shape index (κ3) is 5.05. The first kappa shape index (κ1) is 20.9. The topological polar surface area (TPSA) is 101 Å². The molecule has 1 N–H and O–H groups in total. The summed E-state index contributed by atoms with van der Waals surface area (Å²) in [4.78, 5) is 12.8. The Hall–Kier alpha value is -1.45. The monoisotopic (exact) mass is 402 g/mol. The van der Waals surface area contributed by atoms with Crippen molar-refractivity contribution in [3.63, 3.8) is 0 Å². The fourth-order valence-electron chi connectivity index (χ4n) is 3.01. The molecule has 1 fully saturated rings. The maximum absolute atomic E-state index is 12.5. The smallest absolute Gasteiger partial charge is 0.224 e. The quantitative estimate of drug-likeness (QED) is 0.774. The molecule has 1 aliphatic heterocycles. The van der Waals surface area contributed by atoms with E-state index >= 15 is 0 Å². The summed E-state index contributed by atoms with van der Waals surface area (Å²) in [6.45, 7) is 4.09. The molecule has 1 aromatic rings. The zero-order valence-electron chi connectivity index (χ0n) is 15.3. The molecule has 0 unspecified atom stereocenters. The van der Waals surface area contributed by atoms with Gasteiger partial charge < -0.3 is 5.32 Å². The first-order valence-electron chi connectivity index (χ1n) is 8.63. The van der Waals surface area contributed by atoms with Gasteiger partial charge in [-0.3, -0.25) is 4.79 Å². The van der Waals surface area contributed by atoms with Crippen LogP contribution in [0.2, 0.25) is 0 Å². The maximum atomic E-state index is 12.5. The second-order valence-electron chi connectivity index (χ2n) is 6.67. The number of amides is 1. The van der Waals surface area contributed by atoms with Gasteiger partial charge in [-0.15, -0.1) is 0 Å². The van der Waals surface area contributed by atoms with E-state index < -0.39 is 19.9 Å². The van der Waals surface area contributed by atoms with Gasteiger partial charge in [-0.2, -0.15) is 0 Å². The molecule has 0 radical (unpaired) electrons. The zero-order valence-corrected chi connectivity index (χ0v) is 16.9. The summed E-state index contributed by atoms with van der Waals surface area (Å²) in [5.74, 6) is -0.520. The summed E-state index contributed by atoms with van der Waals surface area (Å²) >= 11 is 0. The molecule has 1 heterocycles. The van der Waals surface area contributed by atoms with Gasteiger partial charge in [0.25, 0.3) is 0 Å². The lowest BCUT2D eigenvalue weighted by atomic mass is 9.98. The summed E-state index contributed by atoms with van der Waals surface area (Å²) in [5, 5.41) is 2.90. The lowest BCUT2D eigenvalue weighted by molar-refractivity contribution is -0.126. The third-order valence-corrected chi connectivity index (χ3v) is 7.66. The molecule has 7 nitrogen and oxygen atoms in total. The fourth-order valence-corrected chi connectivity index (χ4v) is 4.82. The lowest BCUT2D eigenvalue weighted by Gasteiger charge is -2.31. The SMILES string of the molecule is CCS(=O)(=O)N1CCC[C@H](C(=O)N[C@H](C)c2ccc(S(C)(=O)=O)cc2)C1. The normalized spacial score (nSPS) is 20.5. The van der Waals surface area contributed by atoms with E-state index in [0.29, 0.717) is 19.4 Å². The Morgan fingerprint density at radius 1 is 1.23 bits per heavy atom. The van der Waals surface area contributed by atoms with E-state index in [-0.39, 0.29) is 35.1 Å². The van der Waals surface area contributed by atoms with E-state index in [9.17, 15) is 21.6 Å². The highest BCUT2D eigenvalue weighted by molar-refractivity contribution is 7.90. The molecule has 0 bridgehead atoms. The van der Waals surface area contributed by atoms with E-state index in [4.69, 9.17) is 0 Å². The summed E-state index contributed by atoms with van der Waals surface area (Å²) < 4.78 is 48.5. The first-order valence-corrected chi connectivity index (χ1v) is 12.1. The van der Waals surface area contributed by atoms with Gasteiger partial charge >= 0.3 is 0 Å². The second kappa shape index (κ2) is 8.06. The van der Waals surface area contributed by atoms with Crippen molar-refractivity contribution >= 4 is 25.8 Å². The number of hydrogen-bond acceptors (Lipinski definition) is 5. The van der Waals surface area contributed by atoms with Crippen molar-refractivity contribution in [2.75, 3.05) is 25.1 Å². The molecule has 146 valence electrons. The summed E-state index contributed by atoms with van der Waals surface area (Å²) in [7, 11) is -6.55. The first-order chi connectivity index (χ1) is 12.0. The molecule has 2 atom stereocenters. The number of hydrogen-bond donors (Lipinski definition) is 1. The van der Waals surface area contributed by atoms with Gasteiger partial charge in [0, 0.05) is 19.3 Å². The van der Waals surface area contributed by atoms with Crippen molar-refractivity contribution in [1.82, 2.24) is 9.62 Å². The Bertz CT molecular complexity index is 848. The Labute approximate surface area is 155 Å². The van der Waals surface area contributed by atoms with Gasteiger partial charge in [0.2, 0.25) is 15.9 Å². The van der Waals surface area contributed by atoms with Crippen LogP contribution in [0.5, 0.6) is 0 Å². The number of sulfone groups is 1. The molecule has 0 spiro atoms. The molecular formula is C17H26N2O5S2. The zero-order chi connectivity index (χ0) is 19.5. The van der Waals surface area contributed by atoms with Crippen LogP contribution in [0.4, 0.5) is 0 Å². The average molecular weight is 403 g/mol. The molecule has 0 saturated carbocycles. The highest BCUT2D eigenvalue weighted by Gasteiger charge is 2.31. The van der Waals surface area contributed by atoms with E-state index in [2.05, 4.69) is 5.32 Å².